The minimum atomic E-state index is 0.658. The van der Waals surface area contributed by atoms with Crippen molar-refractivity contribution in [3.8, 4) is 0 Å². The largest absolute Gasteiger partial charge is 0.355 e. The summed E-state index contributed by atoms with van der Waals surface area (Å²) in [4.78, 5) is 14.2. The predicted octanol–water partition coefficient (Wildman–Crippen LogP) is 2.82. The molecule has 0 bridgehead atoms. The summed E-state index contributed by atoms with van der Waals surface area (Å²) in [6.45, 7) is 5.22. The van der Waals surface area contributed by atoms with Crippen LogP contribution in [0.1, 0.15) is 22.4 Å². The molecule has 3 aromatic rings. The normalized spacial score (nSPS) is 17.7. The molecular weight excluding hydrogens is 306 g/mol. The molecule has 6 heteroatoms. The predicted molar refractivity (Wildman–Crippen MR) is 92.1 cm³/mol. The zero-order valence-corrected chi connectivity index (χ0v) is 14.0. The highest BCUT2D eigenvalue weighted by Gasteiger charge is 2.31. The fourth-order valence-corrected chi connectivity index (χ4v) is 5.06. The Kier molecular flexibility index (Phi) is 2.95. The van der Waals surface area contributed by atoms with Gasteiger partial charge >= 0.3 is 0 Å². The lowest BCUT2D eigenvalue weighted by molar-refractivity contribution is 0.341. The number of anilines is 1. The number of rotatable bonds is 3. The lowest BCUT2D eigenvalue weighted by Gasteiger charge is -2.40. The lowest BCUT2D eigenvalue weighted by atomic mass is 9.99. The third kappa shape index (κ3) is 2.16. The highest BCUT2D eigenvalue weighted by atomic mass is 32.1. The second-order valence-corrected chi connectivity index (χ2v) is 7.83. The van der Waals surface area contributed by atoms with Gasteiger partial charge in [-0.1, -0.05) is 0 Å². The van der Waals surface area contributed by atoms with E-state index in [2.05, 4.69) is 37.8 Å². The summed E-state index contributed by atoms with van der Waals surface area (Å²) in [5.41, 5.74) is 2.75. The summed E-state index contributed by atoms with van der Waals surface area (Å²) in [7, 11) is 0. The molecule has 0 unspecified atom stereocenters. The first-order valence-corrected chi connectivity index (χ1v) is 9.09. The molecule has 1 fully saturated rings. The first-order valence-electron chi connectivity index (χ1n) is 8.27. The van der Waals surface area contributed by atoms with Gasteiger partial charge in [-0.3, -0.25) is 4.68 Å². The number of aromatic nitrogens is 4. The van der Waals surface area contributed by atoms with Crippen LogP contribution in [0.2, 0.25) is 0 Å². The van der Waals surface area contributed by atoms with Crippen LogP contribution < -0.4 is 4.90 Å². The van der Waals surface area contributed by atoms with Crippen molar-refractivity contribution >= 4 is 27.4 Å². The van der Waals surface area contributed by atoms with Crippen LogP contribution in [-0.2, 0) is 19.4 Å². The number of aryl methyl sites for hydroxylation is 3. The van der Waals surface area contributed by atoms with Crippen molar-refractivity contribution in [3.63, 3.8) is 0 Å². The summed E-state index contributed by atoms with van der Waals surface area (Å²) in [6, 6.07) is 0. The minimum Gasteiger partial charge on any atom is -0.355 e. The van der Waals surface area contributed by atoms with Crippen molar-refractivity contribution in [3.05, 3.63) is 34.7 Å². The molecule has 1 saturated heterocycles. The van der Waals surface area contributed by atoms with E-state index in [-0.39, 0.29) is 0 Å². The van der Waals surface area contributed by atoms with Gasteiger partial charge in [0.05, 0.1) is 11.6 Å². The van der Waals surface area contributed by atoms with Crippen LogP contribution in [0.25, 0.3) is 10.2 Å². The van der Waals surface area contributed by atoms with Gasteiger partial charge in [0.25, 0.3) is 0 Å². The average molecular weight is 325 g/mol. The zero-order chi connectivity index (χ0) is 15.4. The second-order valence-electron chi connectivity index (χ2n) is 6.75. The third-order valence-corrected chi connectivity index (χ3v) is 6.15. The van der Waals surface area contributed by atoms with E-state index in [1.165, 1.54) is 45.5 Å². The molecule has 0 saturated carbocycles. The maximum atomic E-state index is 4.62. The molecule has 0 spiro atoms. The Hall–Kier alpha value is -1.95. The molecule has 3 aromatic heterocycles. The van der Waals surface area contributed by atoms with Crippen LogP contribution in [0.3, 0.4) is 0 Å². The lowest BCUT2D eigenvalue weighted by Crippen LogP contribution is -2.49. The monoisotopic (exact) mass is 325 g/mol. The molecule has 0 atom stereocenters. The fourth-order valence-electron chi connectivity index (χ4n) is 3.84. The minimum absolute atomic E-state index is 0.658. The molecule has 0 amide bonds. The van der Waals surface area contributed by atoms with Gasteiger partial charge in [-0.05, 0) is 37.3 Å². The third-order valence-electron chi connectivity index (χ3n) is 4.95. The number of nitrogens with zero attached hydrogens (tertiary/aromatic N) is 5. The van der Waals surface area contributed by atoms with E-state index in [1.54, 1.807) is 6.33 Å². The van der Waals surface area contributed by atoms with Gasteiger partial charge < -0.3 is 4.90 Å². The van der Waals surface area contributed by atoms with Crippen molar-refractivity contribution in [2.45, 2.75) is 32.7 Å². The Morgan fingerprint density at radius 1 is 1.26 bits per heavy atom. The quantitative estimate of drug-likeness (QED) is 0.743. The molecule has 4 heterocycles. The summed E-state index contributed by atoms with van der Waals surface area (Å²) < 4.78 is 2.06. The molecule has 23 heavy (non-hydrogen) atoms. The first-order chi connectivity index (χ1) is 11.3. The maximum Gasteiger partial charge on any atom is 0.141 e. The van der Waals surface area contributed by atoms with Gasteiger partial charge in [0.2, 0.25) is 0 Å². The van der Waals surface area contributed by atoms with Gasteiger partial charge in [-0.15, -0.1) is 11.3 Å². The highest BCUT2D eigenvalue weighted by Crippen LogP contribution is 2.41. The Labute approximate surface area is 139 Å². The molecular formula is C17H19N5S. The number of fused-ring (bicyclic) bond motifs is 3. The second kappa shape index (κ2) is 5.03. The van der Waals surface area contributed by atoms with Crippen molar-refractivity contribution in [2.75, 3.05) is 18.0 Å². The highest BCUT2D eigenvalue weighted by molar-refractivity contribution is 7.19. The molecule has 0 radical (unpaired) electrons. The zero-order valence-electron chi connectivity index (χ0n) is 13.2. The average Bonchev–Trinajstić information content (AvgIpc) is 3.17. The molecule has 0 aromatic carbocycles. The molecule has 1 aliphatic heterocycles. The van der Waals surface area contributed by atoms with Gasteiger partial charge in [0.15, 0.2) is 0 Å². The van der Waals surface area contributed by atoms with Crippen LogP contribution in [0.15, 0.2) is 18.7 Å². The molecule has 5 nitrogen and oxygen atoms in total. The Bertz CT molecular complexity index is 874. The van der Waals surface area contributed by atoms with Crippen molar-refractivity contribution in [2.24, 2.45) is 5.92 Å². The van der Waals surface area contributed by atoms with Gasteiger partial charge in [-0.25, -0.2) is 9.97 Å². The summed E-state index contributed by atoms with van der Waals surface area (Å²) in [6.07, 6.45) is 9.48. The van der Waals surface area contributed by atoms with Crippen molar-refractivity contribution < 1.29 is 0 Å². The smallest absolute Gasteiger partial charge is 0.141 e. The Morgan fingerprint density at radius 2 is 2.17 bits per heavy atom. The molecule has 0 N–H and O–H groups in total. The molecule has 2 aliphatic rings. The van der Waals surface area contributed by atoms with Crippen LogP contribution in [0.5, 0.6) is 0 Å². The van der Waals surface area contributed by atoms with Crippen LogP contribution in [0.4, 0.5) is 5.82 Å². The van der Waals surface area contributed by atoms with Crippen molar-refractivity contribution in [1.29, 1.82) is 0 Å². The van der Waals surface area contributed by atoms with E-state index in [4.69, 9.17) is 0 Å². The Balaban J connectivity index is 1.38. The van der Waals surface area contributed by atoms with E-state index in [0.29, 0.717) is 5.92 Å². The van der Waals surface area contributed by atoms with Crippen LogP contribution in [-0.4, -0.2) is 32.8 Å². The first kappa shape index (κ1) is 13.5. The van der Waals surface area contributed by atoms with Crippen molar-refractivity contribution in [1.82, 2.24) is 19.7 Å². The number of hydrogen-bond donors (Lipinski definition) is 0. The molecule has 1 aliphatic carbocycles. The van der Waals surface area contributed by atoms with E-state index in [0.717, 1.165) is 25.5 Å². The van der Waals surface area contributed by atoms with Gasteiger partial charge in [-0.2, -0.15) is 5.10 Å². The van der Waals surface area contributed by atoms with Crippen LogP contribution in [0, 0.1) is 12.8 Å². The summed E-state index contributed by atoms with van der Waals surface area (Å²) in [5, 5.41) is 5.73. The van der Waals surface area contributed by atoms with Gasteiger partial charge in [0.1, 0.15) is 17.0 Å². The standard InChI is InChI=1S/C17H19N5S/c1-11-5-20-22(6-11)9-12-7-21(8-12)16-15-13-3-2-4-14(13)23-17(15)19-10-18-16/h5-6,10,12H,2-4,7-9H2,1H3. The van der Waals surface area contributed by atoms with Crippen LogP contribution >= 0.6 is 11.3 Å². The van der Waals surface area contributed by atoms with E-state index >= 15 is 0 Å². The number of hydrogen-bond acceptors (Lipinski definition) is 5. The summed E-state index contributed by atoms with van der Waals surface area (Å²) >= 11 is 1.87. The molecule has 5 rings (SSSR count). The molecule has 118 valence electrons. The summed E-state index contributed by atoms with van der Waals surface area (Å²) in [5.74, 6) is 1.81. The maximum absolute atomic E-state index is 4.62. The topological polar surface area (TPSA) is 46.8 Å². The van der Waals surface area contributed by atoms with E-state index < -0.39 is 0 Å². The van der Waals surface area contributed by atoms with Gasteiger partial charge in [0, 0.05) is 36.6 Å². The van der Waals surface area contributed by atoms with E-state index in [1.807, 2.05) is 17.5 Å². The number of thiophene rings is 1. The fraction of sp³-hybridized carbons (Fsp3) is 0.471. The Morgan fingerprint density at radius 3 is 3.00 bits per heavy atom. The van der Waals surface area contributed by atoms with E-state index in [9.17, 15) is 0 Å². The SMILES string of the molecule is Cc1cnn(CC2CN(c3ncnc4sc5c(c34)CCC5)C2)c1.